The number of benzene rings is 1. The maximum Gasteiger partial charge on any atom is 0.251 e. The zero-order chi connectivity index (χ0) is 15.3. The second-order valence-corrected chi connectivity index (χ2v) is 6.92. The number of sulfonamides is 1. The summed E-state index contributed by atoms with van der Waals surface area (Å²) in [6.45, 7) is 2.41. The normalized spacial score (nSPS) is 18.6. The van der Waals surface area contributed by atoms with Crippen LogP contribution < -0.4 is 15.4 Å². The van der Waals surface area contributed by atoms with Gasteiger partial charge in [-0.1, -0.05) is 0 Å². The number of amides is 1. The first kappa shape index (κ1) is 15.9. The standard InChI is InChI=1S/C14H21N3O3S/c1-15-14(18)12-2-4-13(5-3-12)21(19,20)17-9-7-11-6-8-16-10-11/h2-5,11,16-17H,6-10H2,1H3,(H,15,18). The fraction of sp³-hybridized carbons (Fsp3) is 0.500. The zero-order valence-corrected chi connectivity index (χ0v) is 12.9. The van der Waals surface area contributed by atoms with Crippen LogP contribution in [-0.2, 0) is 10.0 Å². The molecule has 0 saturated carbocycles. The minimum absolute atomic E-state index is 0.180. The Hall–Kier alpha value is -1.44. The van der Waals surface area contributed by atoms with Crippen molar-refractivity contribution < 1.29 is 13.2 Å². The van der Waals surface area contributed by atoms with Gasteiger partial charge in [-0.05, 0) is 56.1 Å². The number of carbonyl (C=O) groups is 1. The number of rotatable bonds is 6. The average molecular weight is 311 g/mol. The quantitative estimate of drug-likeness (QED) is 0.706. The van der Waals surface area contributed by atoms with E-state index in [2.05, 4.69) is 15.4 Å². The van der Waals surface area contributed by atoms with Gasteiger partial charge in [-0.15, -0.1) is 0 Å². The molecule has 1 aromatic carbocycles. The molecule has 1 atom stereocenters. The lowest BCUT2D eigenvalue weighted by Crippen LogP contribution is -2.26. The predicted octanol–water partition coefficient (Wildman–Crippen LogP) is 0.324. The van der Waals surface area contributed by atoms with Gasteiger partial charge >= 0.3 is 0 Å². The highest BCUT2D eigenvalue weighted by Gasteiger charge is 2.17. The van der Waals surface area contributed by atoms with Gasteiger partial charge in [-0.25, -0.2) is 13.1 Å². The molecular formula is C14H21N3O3S. The minimum Gasteiger partial charge on any atom is -0.355 e. The number of hydrogen-bond donors (Lipinski definition) is 3. The molecule has 2 rings (SSSR count). The molecule has 1 heterocycles. The fourth-order valence-electron chi connectivity index (χ4n) is 2.37. The van der Waals surface area contributed by atoms with Crippen molar-refractivity contribution in [1.82, 2.24) is 15.4 Å². The molecule has 1 aromatic rings. The Morgan fingerprint density at radius 1 is 1.33 bits per heavy atom. The minimum atomic E-state index is -3.50. The molecule has 21 heavy (non-hydrogen) atoms. The molecular weight excluding hydrogens is 290 g/mol. The second-order valence-electron chi connectivity index (χ2n) is 5.15. The third kappa shape index (κ3) is 4.26. The number of nitrogens with one attached hydrogen (secondary N) is 3. The van der Waals surface area contributed by atoms with Crippen LogP contribution in [0, 0.1) is 5.92 Å². The van der Waals surface area contributed by atoms with Crippen LogP contribution in [0.2, 0.25) is 0 Å². The largest absolute Gasteiger partial charge is 0.355 e. The maximum absolute atomic E-state index is 12.1. The smallest absolute Gasteiger partial charge is 0.251 e. The third-order valence-corrected chi connectivity index (χ3v) is 5.14. The summed E-state index contributed by atoms with van der Waals surface area (Å²) in [4.78, 5) is 11.6. The van der Waals surface area contributed by atoms with Crippen LogP contribution in [0.15, 0.2) is 29.2 Å². The molecule has 1 aliphatic rings. The van der Waals surface area contributed by atoms with E-state index in [0.29, 0.717) is 18.0 Å². The van der Waals surface area contributed by atoms with Crippen LogP contribution in [0.3, 0.4) is 0 Å². The van der Waals surface area contributed by atoms with Crippen molar-refractivity contribution in [3.8, 4) is 0 Å². The summed E-state index contributed by atoms with van der Waals surface area (Å²) in [5.41, 5.74) is 0.438. The van der Waals surface area contributed by atoms with Gasteiger partial charge in [0.2, 0.25) is 10.0 Å². The second kappa shape index (κ2) is 7.02. The molecule has 1 saturated heterocycles. The van der Waals surface area contributed by atoms with Gasteiger partial charge in [0.15, 0.2) is 0 Å². The first-order valence-electron chi connectivity index (χ1n) is 7.05. The van der Waals surface area contributed by atoms with Gasteiger partial charge in [-0.2, -0.15) is 0 Å². The Kier molecular flexibility index (Phi) is 5.33. The molecule has 1 fully saturated rings. The van der Waals surface area contributed by atoms with Crippen molar-refractivity contribution in [2.24, 2.45) is 5.92 Å². The SMILES string of the molecule is CNC(=O)c1ccc(S(=O)(=O)NCCC2CCNC2)cc1. The molecule has 1 aliphatic heterocycles. The Morgan fingerprint density at radius 2 is 2.05 bits per heavy atom. The lowest BCUT2D eigenvalue weighted by atomic mass is 10.1. The monoisotopic (exact) mass is 311 g/mol. The molecule has 116 valence electrons. The summed E-state index contributed by atoms with van der Waals surface area (Å²) in [5.74, 6) is 0.309. The van der Waals surface area contributed by atoms with E-state index in [1.54, 1.807) is 0 Å². The van der Waals surface area contributed by atoms with E-state index in [0.717, 1.165) is 25.9 Å². The van der Waals surface area contributed by atoms with Crippen molar-refractivity contribution in [3.05, 3.63) is 29.8 Å². The average Bonchev–Trinajstić information content (AvgIpc) is 2.99. The van der Waals surface area contributed by atoms with Crippen molar-refractivity contribution >= 4 is 15.9 Å². The lowest BCUT2D eigenvalue weighted by Gasteiger charge is -2.10. The molecule has 1 amide bonds. The molecule has 6 nitrogen and oxygen atoms in total. The summed E-state index contributed by atoms with van der Waals surface area (Å²) >= 11 is 0. The van der Waals surface area contributed by atoms with Gasteiger partial charge in [0.1, 0.15) is 0 Å². The van der Waals surface area contributed by atoms with Gasteiger partial charge in [0.25, 0.3) is 5.91 Å². The van der Waals surface area contributed by atoms with Crippen LogP contribution in [-0.4, -0.2) is 41.0 Å². The molecule has 7 heteroatoms. The lowest BCUT2D eigenvalue weighted by molar-refractivity contribution is 0.0963. The van der Waals surface area contributed by atoms with Crippen LogP contribution >= 0.6 is 0 Å². The Morgan fingerprint density at radius 3 is 2.62 bits per heavy atom. The van der Waals surface area contributed by atoms with Gasteiger partial charge in [0, 0.05) is 19.2 Å². The summed E-state index contributed by atoms with van der Waals surface area (Å²) in [5, 5.41) is 5.75. The van der Waals surface area contributed by atoms with E-state index < -0.39 is 10.0 Å². The molecule has 0 aliphatic carbocycles. The Labute approximate surface area is 125 Å². The van der Waals surface area contributed by atoms with Gasteiger partial charge in [-0.3, -0.25) is 4.79 Å². The highest BCUT2D eigenvalue weighted by molar-refractivity contribution is 7.89. The summed E-state index contributed by atoms with van der Waals surface area (Å²) in [7, 11) is -1.97. The predicted molar refractivity (Wildman–Crippen MR) is 80.6 cm³/mol. The highest BCUT2D eigenvalue weighted by Crippen LogP contribution is 2.13. The summed E-state index contributed by atoms with van der Waals surface area (Å²) < 4.78 is 26.9. The zero-order valence-electron chi connectivity index (χ0n) is 12.1. The third-order valence-electron chi connectivity index (χ3n) is 3.66. The highest BCUT2D eigenvalue weighted by atomic mass is 32.2. The van der Waals surface area contributed by atoms with E-state index in [4.69, 9.17) is 0 Å². The maximum atomic E-state index is 12.1. The van der Waals surface area contributed by atoms with Gasteiger partial charge < -0.3 is 10.6 Å². The molecule has 1 unspecified atom stereocenters. The topological polar surface area (TPSA) is 87.3 Å². The van der Waals surface area contributed by atoms with Crippen LogP contribution in [0.1, 0.15) is 23.2 Å². The molecule has 0 aromatic heterocycles. The fourth-order valence-corrected chi connectivity index (χ4v) is 3.42. The molecule has 0 radical (unpaired) electrons. The van der Waals surface area contributed by atoms with E-state index in [-0.39, 0.29) is 10.8 Å². The Balaban J connectivity index is 1.93. The van der Waals surface area contributed by atoms with Crippen molar-refractivity contribution in [2.45, 2.75) is 17.7 Å². The Bertz CT molecular complexity index is 578. The molecule has 0 bridgehead atoms. The van der Waals surface area contributed by atoms with Crippen molar-refractivity contribution in [1.29, 1.82) is 0 Å². The first-order chi connectivity index (χ1) is 10.0. The summed E-state index contributed by atoms with van der Waals surface area (Å²) in [6, 6.07) is 5.91. The first-order valence-corrected chi connectivity index (χ1v) is 8.54. The molecule has 0 spiro atoms. The van der Waals surface area contributed by atoms with Crippen molar-refractivity contribution in [2.75, 3.05) is 26.7 Å². The van der Waals surface area contributed by atoms with Gasteiger partial charge in [0.05, 0.1) is 4.90 Å². The van der Waals surface area contributed by atoms with E-state index in [1.165, 1.54) is 31.3 Å². The van der Waals surface area contributed by atoms with Crippen LogP contribution in [0.5, 0.6) is 0 Å². The molecule has 3 N–H and O–H groups in total. The van der Waals surface area contributed by atoms with E-state index >= 15 is 0 Å². The van der Waals surface area contributed by atoms with Crippen LogP contribution in [0.25, 0.3) is 0 Å². The van der Waals surface area contributed by atoms with E-state index in [1.807, 2.05) is 0 Å². The summed E-state index contributed by atoms with van der Waals surface area (Å²) in [6.07, 6.45) is 1.94. The van der Waals surface area contributed by atoms with Crippen LogP contribution in [0.4, 0.5) is 0 Å². The number of carbonyl (C=O) groups excluding carboxylic acids is 1. The number of hydrogen-bond acceptors (Lipinski definition) is 4. The van der Waals surface area contributed by atoms with Crippen molar-refractivity contribution in [3.63, 3.8) is 0 Å². The van der Waals surface area contributed by atoms with E-state index in [9.17, 15) is 13.2 Å².